The Morgan fingerprint density at radius 2 is 2.04 bits per heavy atom. The van der Waals surface area contributed by atoms with Gasteiger partial charge in [0.05, 0.1) is 25.1 Å². The molecule has 7 heteroatoms. The maximum Gasteiger partial charge on any atom is 0.292 e. The van der Waals surface area contributed by atoms with E-state index < -0.39 is 0 Å². The Balaban J connectivity index is 1.94. The Labute approximate surface area is 139 Å². The van der Waals surface area contributed by atoms with Crippen molar-refractivity contribution in [3.8, 4) is 0 Å². The molecule has 1 aromatic heterocycles. The third-order valence-electron chi connectivity index (χ3n) is 3.97. The molecule has 0 aliphatic carbocycles. The largest absolute Gasteiger partial charge is 0.378 e. The van der Waals surface area contributed by atoms with Crippen LogP contribution in [0.3, 0.4) is 0 Å². The van der Waals surface area contributed by atoms with Crippen LogP contribution in [0.5, 0.6) is 0 Å². The van der Waals surface area contributed by atoms with Gasteiger partial charge in [0.1, 0.15) is 5.69 Å². The van der Waals surface area contributed by atoms with E-state index in [-0.39, 0.29) is 11.5 Å². The fourth-order valence-electron chi connectivity index (χ4n) is 2.69. The van der Waals surface area contributed by atoms with E-state index in [1.54, 1.807) is 19.2 Å². The van der Waals surface area contributed by atoms with Crippen LogP contribution in [0.25, 0.3) is 0 Å². The van der Waals surface area contributed by atoms with Crippen molar-refractivity contribution in [3.63, 3.8) is 0 Å². The van der Waals surface area contributed by atoms with Crippen LogP contribution >= 0.6 is 0 Å². The third-order valence-corrected chi connectivity index (χ3v) is 3.97. The Morgan fingerprint density at radius 1 is 1.29 bits per heavy atom. The number of amides is 1. The molecule has 0 bridgehead atoms. The van der Waals surface area contributed by atoms with E-state index in [1.165, 1.54) is 10.9 Å². The van der Waals surface area contributed by atoms with Crippen molar-refractivity contribution >= 4 is 17.3 Å². The number of aryl methyl sites for hydroxylation is 2. The molecule has 126 valence electrons. The van der Waals surface area contributed by atoms with Crippen LogP contribution in [0.15, 0.2) is 35.3 Å². The van der Waals surface area contributed by atoms with Gasteiger partial charge in [-0.1, -0.05) is 17.7 Å². The lowest BCUT2D eigenvalue weighted by molar-refractivity contribution is 0.102. The minimum absolute atomic E-state index is 0.237. The molecule has 1 aliphatic rings. The first kappa shape index (κ1) is 16.2. The molecular formula is C17H20N4O3. The monoisotopic (exact) mass is 328 g/mol. The smallest absolute Gasteiger partial charge is 0.292 e. The van der Waals surface area contributed by atoms with Crippen LogP contribution < -0.4 is 15.8 Å². The van der Waals surface area contributed by atoms with E-state index in [4.69, 9.17) is 4.74 Å². The number of hydrogen-bond acceptors (Lipinski definition) is 5. The van der Waals surface area contributed by atoms with Crippen molar-refractivity contribution in [3.05, 3.63) is 51.9 Å². The number of carbonyl (C=O) groups is 1. The average Bonchev–Trinajstić information content (AvgIpc) is 2.59. The number of anilines is 2. The van der Waals surface area contributed by atoms with E-state index in [0.717, 1.165) is 5.56 Å². The van der Waals surface area contributed by atoms with Gasteiger partial charge in [-0.2, -0.15) is 5.10 Å². The number of benzene rings is 1. The van der Waals surface area contributed by atoms with Gasteiger partial charge in [0.2, 0.25) is 0 Å². The molecule has 2 aromatic rings. The maximum atomic E-state index is 12.5. The van der Waals surface area contributed by atoms with Crippen molar-refractivity contribution in [2.45, 2.75) is 6.92 Å². The SMILES string of the molecule is Cc1cccc(C(=O)Nc2cnn(C)c(=O)c2N2CCOCC2)c1. The minimum atomic E-state index is -0.261. The van der Waals surface area contributed by atoms with E-state index in [9.17, 15) is 9.59 Å². The summed E-state index contributed by atoms with van der Waals surface area (Å²) >= 11 is 0. The molecule has 1 N–H and O–H groups in total. The highest BCUT2D eigenvalue weighted by atomic mass is 16.5. The molecule has 1 saturated heterocycles. The molecule has 0 spiro atoms. The second-order valence-electron chi connectivity index (χ2n) is 5.76. The zero-order valence-corrected chi connectivity index (χ0v) is 13.8. The van der Waals surface area contributed by atoms with Gasteiger partial charge < -0.3 is 15.0 Å². The fraction of sp³-hybridized carbons (Fsp3) is 0.353. The first-order valence-corrected chi connectivity index (χ1v) is 7.83. The number of nitrogens with zero attached hydrogens (tertiary/aromatic N) is 3. The summed E-state index contributed by atoms with van der Waals surface area (Å²) in [5, 5.41) is 6.85. The Bertz CT molecular complexity index is 810. The molecule has 1 amide bonds. The van der Waals surface area contributed by atoms with Crippen molar-refractivity contribution in [2.24, 2.45) is 7.05 Å². The number of morpholine rings is 1. The summed E-state index contributed by atoms with van der Waals surface area (Å²) in [7, 11) is 1.60. The predicted octanol–water partition coefficient (Wildman–Crippen LogP) is 1.18. The number of carbonyl (C=O) groups excluding carboxylic acids is 1. The average molecular weight is 328 g/mol. The molecule has 0 saturated carbocycles. The Hall–Kier alpha value is -2.67. The Kier molecular flexibility index (Phi) is 4.61. The van der Waals surface area contributed by atoms with Gasteiger partial charge in [-0.25, -0.2) is 4.68 Å². The Morgan fingerprint density at radius 3 is 2.75 bits per heavy atom. The molecule has 7 nitrogen and oxygen atoms in total. The van der Waals surface area contributed by atoms with E-state index in [0.29, 0.717) is 43.2 Å². The zero-order chi connectivity index (χ0) is 17.1. The maximum absolute atomic E-state index is 12.5. The predicted molar refractivity (Wildman–Crippen MR) is 91.6 cm³/mol. The summed E-state index contributed by atoms with van der Waals surface area (Å²) in [6, 6.07) is 7.30. The van der Waals surface area contributed by atoms with Gasteiger partial charge in [-0.05, 0) is 19.1 Å². The van der Waals surface area contributed by atoms with Crippen LogP contribution in [0.1, 0.15) is 15.9 Å². The van der Waals surface area contributed by atoms with E-state index in [2.05, 4.69) is 10.4 Å². The minimum Gasteiger partial charge on any atom is -0.378 e. The number of aromatic nitrogens is 2. The van der Waals surface area contributed by atoms with Crippen LogP contribution in [0.2, 0.25) is 0 Å². The van der Waals surface area contributed by atoms with Gasteiger partial charge in [-0.15, -0.1) is 0 Å². The lowest BCUT2D eigenvalue weighted by Crippen LogP contribution is -2.41. The summed E-state index contributed by atoms with van der Waals surface area (Å²) in [6.07, 6.45) is 1.51. The number of nitrogens with one attached hydrogen (secondary N) is 1. The topological polar surface area (TPSA) is 76.5 Å². The number of rotatable bonds is 3. The fourth-order valence-corrected chi connectivity index (χ4v) is 2.69. The highest BCUT2D eigenvalue weighted by Gasteiger charge is 2.21. The quantitative estimate of drug-likeness (QED) is 0.915. The highest BCUT2D eigenvalue weighted by Crippen LogP contribution is 2.22. The van der Waals surface area contributed by atoms with Gasteiger partial charge >= 0.3 is 0 Å². The normalized spacial score (nSPS) is 14.5. The van der Waals surface area contributed by atoms with Crippen LogP contribution in [0.4, 0.5) is 11.4 Å². The molecule has 2 heterocycles. The molecule has 1 aliphatic heterocycles. The van der Waals surface area contributed by atoms with Crippen LogP contribution in [-0.2, 0) is 11.8 Å². The van der Waals surface area contributed by atoms with Crippen molar-refractivity contribution < 1.29 is 9.53 Å². The summed E-state index contributed by atoms with van der Waals surface area (Å²) in [5.74, 6) is -0.261. The first-order chi connectivity index (χ1) is 11.6. The lowest BCUT2D eigenvalue weighted by Gasteiger charge is -2.29. The second-order valence-corrected chi connectivity index (χ2v) is 5.76. The molecule has 0 atom stereocenters. The number of ether oxygens (including phenoxy) is 1. The van der Waals surface area contributed by atoms with Gasteiger partial charge in [0.15, 0.2) is 0 Å². The first-order valence-electron chi connectivity index (χ1n) is 7.83. The van der Waals surface area contributed by atoms with Crippen LogP contribution in [0, 0.1) is 6.92 Å². The van der Waals surface area contributed by atoms with Crippen LogP contribution in [-0.4, -0.2) is 42.0 Å². The lowest BCUT2D eigenvalue weighted by atomic mass is 10.1. The highest BCUT2D eigenvalue weighted by molar-refractivity contribution is 6.05. The van der Waals surface area contributed by atoms with Gasteiger partial charge in [0, 0.05) is 25.7 Å². The van der Waals surface area contributed by atoms with Gasteiger partial charge in [-0.3, -0.25) is 9.59 Å². The molecule has 1 aromatic carbocycles. The molecule has 0 unspecified atom stereocenters. The summed E-state index contributed by atoms with van der Waals surface area (Å²) in [5.41, 5.74) is 2.18. The summed E-state index contributed by atoms with van der Waals surface area (Å²) in [6.45, 7) is 4.24. The molecule has 24 heavy (non-hydrogen) atoms. The van der Waals surface area contributed by atoms with E-state index >= 15 is 0 Å². The standard InChI is InChI=1S/C17H20N4O3/c1-12-4-3-5-13(10-12)16(22)19-14-11-18-20(2)17(23)15(14)21-6-8-24-9-7-21/h3-5,10-11H,6-9H2,1-2H3,(H,19,22). The van der Waals surface area contributed by atoms with Gasteiger partial charge in [0.25, 0.3) is 11.5 Å². The van der Waals surface area contributed by atoms with Crippen molar-refractivity contribution in [1.82, 2.24) is 9.78 Å². The zero-order valence-electron chi connectivity index (χ0n) is 13.8. The van der Waals surface area contributed by atoms with Crippen molar-refractivity contribution in [2.75, 3.05) is 36.5 Å². The molecule has 1 fully saturated rings. The number of hydrogen-bond donors (Lipinski definition) is 1. The van der Waals surface area contributed by atoms with Crippen molar-refractivity contribution in [1.29, 1.82) is 0 Å². The second kappa shape index (κ2) is 6.84. The molecule has 3 rings (SSSR count). The molecule has 0 radical (unpaired) electrons. The molecular weight excluding hydrogens is 308 g/mol. The van der Waals surface area contributed by atoms with E-state index in [1.807, 2.05) is 24.0 Å². The third kappa shape index (κ3) is 3.30. The summed E-state index contributed by atoms with van der Waals surface area (Å²) in [4.78, 5) is 27.0. The summed E-state index contributed by atoms with van der Waals surface area (Å²) < 4.78 is 6.61.